The van der Waals surface area contributed by atoms with Crippen molar-refractivity contribution in [2.24, 2.45) is 0 Å². The standard InChI is InChI=1S/C18H17BrO5/c1-3-22-16-9-8-13(11-15(16)19)18(21)24-14-7-5-6-12(10-14)17(20)23-4-2/h5-11H,3-4H2,1-2H3. The molecular formula is C18H17BrO5. The molecule has 0 bridgehead atoms. The zero-order chi connectivity index (χ0) is 17.5. The molecule has 2 aromatic rings. The zero-order valence-electron chi connectivity index (χ0n) is 13.4. The van der Waals surface area contributed by atoms with Crippen LogP contribution in [0.2, 0.25) is 0 Å². The summed E-state index contributed by atoms with van der Waals surface area (Å²) in [5.41, 5.74) is 0.696. The van der Waals surface area contributed by atoms with E-state index in [-0.39, 0.29) is 12.4 Å². The molecule has 0 saturated heterocycles. The summed E-state index contributed by atoms with van der Waals surface area (Å²) < 4.78 is 16.3. The van der Waals surface area contributed by atoms with Gasteiger partial charge in [0.05, 0.1) is 28.8 Å². The number of esters is 2. The molecule has 0 aliphatic heterocycles. The Morgan fingerprint density at radius 3 is 2.38 bits per heavy atom. The fraction of sp³-hybridized carbons (Fsp3) is 0.222. The predicted octanol–water partition coefficient (Wildman–Crippen LogP) is 4.24. The van der Waals surface area contributed by atoms with Crippen LogP contribution in [0.4, 0.5) is 0 Å². The van der Waals surface area contributed by atoms with Gasteiger partial charge in [0, 0.05) is 0 Å². The van der Waals surface area contributed by atoms with Crippen LogP contribution < -0.4 is 9.47 Å². The lowest BCUT2D eigenvalue weighted by Crippen LogP contribution is -2.10. The number of hydrogen-bond acceptors (Lipinski definition) is 5. The van der Waals surface area contributed by atoms with Gasteiger partial charge in [-0.05, 0) is 66.2 Å². The van der Waals surface area contributed by atoms with Gasteiger partial charge in [0.1, 0.15) is 11.5 Å². The minimum Gasteiger partial charge on any atom is -0.493 e. The van der Waals surface area contributed by atoms with Crippen molar-refractivity contribution < 1.29 is 23.8 Å². The summed E-state index contributed by atoms with van der Waals surface area (Å²) >= 11 is 3.36. The number of benzene rings is 2. The Morgan fingerprint density at radius 1 is 0.958 bits per heavy atom. The monoisotopic (exact) mass is 392 g/mol. The van der Waals surface area contributed by atoms with Gasteiger partial charge in [0.2, 0.25) is 0 Å². The van der Waals surface area contributed by atoms with Crippen LogP contribution in [0.5, 0.6) is 11.5 Å². The first-order chi connectivity index (χ1) is 11.5. The van der Waals surface area contributed by atoms with Gasteiger partial charge in [-0.1, -0.05) is 6.07 Å². The third kappa shape index (κ3) is 4.58. The van der Waals surface area contributed by atoms with E-state index < -0.39 is 11.9 Å². The van der Waals surface area contributed by atoms with Crippen molar-refractivity contribution in [1.29, 1.82) is 0 Å². The van der Waals surface area contributed by atoms with Crippen LogP contribution in [-0.2, 0) is 4.74 Å². The fourth-order valence-corrected chi connectivity index (χ4v) is 2.46. The van der Waals surface area contributed by atoms with E-state index in [0.29, 0.717) is 28.0 Å². The average Bonchev–Trinajstić information content (AvgIpc) is 2.57. The van der Waals surface area contributed by atoms with Gasteiger partial charge in [-0.3, -0.25) is 0 Å². The maximum absolute atomic E-state index is 12.2. The van der Waals surface area contributed by atoms with Crippen molar-refractivity contribution in [2.75, 3.05) is 13.2 Å². The zero-order valence-corrected chi connectivity index (χ0v) is 15.0. The van der Waals surface area contributed by atoms with E-state index in [4.69, 9.17) is 14.2 Å². The Morgan fingerprint density at radius 2 is 1.71 bits per heavy atom. The van der Waals surface area contributed by atoms with Crippen molar-refractivity contribution in [2.45, 2.75) is 13.8 Å². The summed E-state index contributed by atoms with van der Waals surface area (Å²) in [6.45, 7) is 4.42. The second kappa shape index (κ2) is 8.49. The summed E-state index contributed by atoms with van der Waals surface area (Å²) in [5, 5.41) is 0. The second-order valence-corrected chi connectivity index (χ2v) is 5.57. The molecule has 0 heterocycles. The Balaban J connectivity index is 2.13. The van der Waals surface area contributed by atoms with Crippen LogP contribution >= 0.6 is 15.9 Å². The minimum absolute atomic E-state index is 0.274. The molecule has 126 valence electrons. The summed E-state index contributed by atoms with van der Waals surface area (Å²) in [6.07, 6.45) is 0. The molecule has 2 rings (SSSR count). The molecule has 0 atom stereocenters. The normalized spacial score (nSPS) is 10.1. The van der Waals surface area contributed by atoms with Crippen molar-refractivity contribution in [3.63, 3.8) is 0 Å². The molecule has 0 fully saturated rings. The molecule has 0 radical (unpaired) electrons. The largest absolute Gasteiger partial charge is 0.493 e. The Hall–Kier alpha value is -2.34. The highest BCUT2D eigenvalue weighted by atomic mass is 79.9. The molecule has 0 aliphatic rings. The van der Waals surface area contributed by atoms with E-state index in [1.54, 1.807) is 43.3 Å². The highest BCUT2D eigenvalue weighted by molar-refractivity contribution is 9.10. The lowest BCUT2D eigenvalue weighted by atomic mass is 10.2. The number of halogens is 1. The van der Waals surface area contributed by atoms with Gasteiger partial charge in [-0.25, -0.2) is 9.59 Å². The minimum atomic E-state index is -0.528. The molecular weight excluding hydrogens is 376 g/mol. The quantitative estimate of drug-likeness (QED) is 0.543. The molecule has 0 N–H and O–H groups in total. The molecule has 5 nitrogen and oxygen atoms in total. The van der Waals surface area contributed by atoms with Gasteiger partial charge < -0.3 is 14.2 Å². The number of carbonyl (C=O) groups is 2. The molecule has 2 aromatic carbocycles. The average molecular weight is 393 g/mol. The van der Waals surface area contributed by atoms with E-state index in [1.807, 2.05) is 6.92 Å². The van der Waals surface area contributed by atoms with Gasteiger partial charge in [0.25, 0.3) is 0 Å². The SMILES string of the molecule is CCOC(=O)c1cccc(OC(=O)c2ccc(OCC)c(Br)c2)c1. The predicted molar refractivity (Wildman–Crippen MR) is 92.7 cm³/mol. The highest BCUT2D eigenvalue weighted by Crippen LogP contribution is 2.26. The van der Waals surface area contributed by atoms with Crippen LogP contribution in [0.1, 0.15) is 34.6 Å². The summed E-state index contributed by atoms with van der Waals surface area (Å²) in [6, 6.07) is 11.2. The van der Waals surface area contributed by atoms with Crippen LogP contribution in [0, 0.1) is 0 Å². The Labute approximate surface area is 148 Å². The summed E-state index contributed by atoms with van der Waals surface area (Å²) in [5.74, 6) is -0.0621. The molecule has 24 heavy (non-hydrogen) atoms. The first-order valence-corrected chi connectivity index (χ1v) is 8.26. The maximum atomic E-state index is 12.2. The van der Waals surface area contributed by atoms with Crippen molar-refractivity contribution in [3.8, 4) is 11.5 Å². The molecule has 0 aliphatic carbocycles. The number of rotatable bonds is 6. The van der Waals surface area contributed by atoms with Crippen LogP contribution in [0.25, 0.3) is 0 Å². The maximum Gasteiger partial charge on any atom is 0.343 e. The van der Waals surface area contributed by atoms with Gasteiger partial charge in [-0.15, -0.1) is 0 Å². The molecule has 6 heteroatoms. The van der Waals surface area contributed by atoms with Crippen molar-refractivity contribution >= 4 is 27.9 Å². The van der Waals surface area contributed by atoms with Crippen LogP contribution in [-0.4, -0.2) is 25.2 Å². The number of ether oxygens (including phenoxy) is 3. The lowest BCUT2D eigenvalue weighted by molar-refractivity contribution is 0.0524. The third-order valence-electron chi connectivity index (χ3n) is 3.02. The van der Waals surface area contributed by atoms with E-state index in [0.717, 1.165) is 0 Å². The van der Waals surface area contributed by atoms with Crippen LogP contribution in [0.3, 0.4) is 0 Å². The van der Waals surface area contributed by atoms with E-state index >= 15 is 0 Å². The molecule has 0 amide bonds. The highest BCUT2D eigenvalue weighted by Gasteiger charge is 2.13. The Bertz CT molecular complexity index is 742. The summed E-state index contributed by atoms with van der Waals surface area (Å²) in [7, 11) is 0. The first kappa shape index (κ1) is 18.0. The third-order valence-corrected chi connectivity index (χ3v) is 3.64. The van der Waals surface area contributed by atoms with Crippen molar-refractivity contribution in [1.82, 2.24) is 0 Å². The van der Waals surface area contributed by atoms with Crippen LogP contribution in [0.15, 0.2) is 46.9 Å². The molecule has 0 spiro atoms. The molecule has 0 saturated carbocycles. The smallest absolute Gasteiger partial charge is 0.343 e. The van der Waals surface area contributed by atoms with E-state index in [9.17, 15) is 9.59 Å². The Kier molecular flexibility index (Phi) is 6.37. The van der Waals surface area contributed by atoms with E-state index in [1.165, 1.54) is 6.07 Å². The second-order valence-electron chi connectivity index (χ2n) is 4.72. The summed E-state index contributed by atoms with van der Waals surface area (Å²) in [4.78, 5) is 24.0. The van der Waals surface area contributed by atoms with E-state index in [2.05, 4.69) is 15.9 Å². The fourth-order valence-electron chi connectivity index (χ4n) is 1.97. The first-order valence-electron chi connectivity index (χ1n) is 7.46. The number of hydrogen-bond donors (Lipinski definition) is 0. The van der Waals surface area contributed by atoms with Gasteiger partial charge in [0.15, 0.2) is 0 Å². The molecule has 0 aromatic heterocycles. The lowest BCUT2D eigenvalue weighted by Gasteiger charge is -2.09. The van der Waals surface area contributed by atoms with Crippen molar-refractivity contribution in [3.05, 3.63) is 58.1 Å². The van der Waals surface area contributed by atoms with Gasteiger partial charge in [-0.2, -0.15) is 0 Å². The van der Waals surface area contributed by atoms with Gasteiger partial charge >= 0.3 is 11.9 Å². The molecule has 0 unspecified atom stereocenters. The topological polar surface area (TPSA) is 61.8 Å². The number of carbonyl (C=O) groups excluding carboxylic acids is 2.